The number of aryl methyl sites for hydroxylation is 1. The summed E-state index contributed by atoms with van der Waals surface area (Å²) in [5.74, 6) is 0.0949. The van der Waals surface area contributed by atoms with Crippen molar-refractivity contribution in [3.05, 3.63) is 118 Å². The normalized spacial score (nSPS) is 11.9. The van der Waals surface area contributed by atoms with Gasteiger partial charge in [0.15, 0.2) is 0 Å². The lowest BCUT2D eigenvalue weighted by molar-refractivity contribution is 0.0942. The van der Waals surface area contributed by atoms with Crippen LogP contribution in [0, 0.1) is 6.92 Å². The highest BCUT2D eigenvalue weighted by Gasteiger charge is 2.28. The lowest BCUT2D eigenvalue weighted by Crippen LogP contribution is -2.30. The zero-order valence-corrected chi connectivity index (χ0v) is 19.1. The Labute approximate surface area is 201 Å². The lowest BCUT2D eigenvalue weighted by atomic mass is 9.92. The van der Waals surface area contributed by atoms with Crippen molar-refractivity contribution in [2.75, 3.05) is 0 Å². The lowest BCUT2D eigenvalue weighted by Gasteiger charge is -2.23. The number of carbonyl (C=O) groups excluding carboxylic acids is 1. The molecule has 0 radical (unpaired) electrons. The minimum atomic E-state index is -0.617. The number of hydrogen-bond acceptors (Lipinski definition) is 4. The molecule has 0 aliphatic carbocycles. The summed E-state index contributed by atoms with van der Waals surface area (Å²) in [7, 11) is 0. The van der Waals surface area contributed by atoms with E-state index >= 15 is 0 Å². The van der Waals surface area contributed by atoms with Gasteiger partial charge in [0.05, 0.1) is 11.1 Å². The van der Waals surface area contributed by atoms with Crippen LogP contribution in [0.15, 0.2) is 95.5 Å². The first-order chi connectivity index (χ1) is 16.5. The third kappa shape index (κ3) is 3.91. The predicted molar refractivity (Wildman–Crippen MR) is 133 cm³/mol. The summed E-state index contributed by atoms with van der Waals surface area (Å²) in [6.45, 7) is 1.69. The van der Waals surface area contributed by atoms with Gasteiger partial charge in [0.1, 0.15) is 22.8 Å². The number of nitrogens with zero attached hydrogens (tertiary/aromatic N) is 1. The van der Waals surface area contributed by atoms with E-state index in [1.807, 2.05) is 72.8 Å². The number of rotatable bonds is 5. The number of nitrogens with one attached hydrogen (secondary N) is 1. The Morgan fingerprint density at radius 1 is 0.941 bits per heavy atom. The van der Waals surface area contributed by atoms with Crippen molar-refractivity contribution < 1.29 is 14.4 Å². The number of halogens is 1. The van der Waals surface area contributed by atoms with Gasteiger partial charge in [0.2, 0.25) is 0 Å². The van der Waals surface area contributed by atoms with Gasteiger partial charge < -0.3 is 14.9 Å². The van der Waals surface area contributed by atoms with E-state index in [4.69, 9.17) is 16.1 Å². The number of benzene rings is 4. The molecule has 0 saturated carbocycles. The summed E-state index contributed by atoms with van der Waals surface area (Å²) in [5, 5.41) is 20.4. The second-order valence-corrected chi connectivity index (χ2v) is 8.39. The van der Waals surface area contributed by atoms with Gasteiger partial charge in [-0.25, -0.2) is 0 Å². The fourth-order valence-electron chi connectivity index (χ4n) is 4.24. The topological polar surface area (TPSA) is 75.4 Å². The van der Waals surface area contributed by atoms with Crippen LogP contribution in [0.5, 0.6) is 5.75 Å². The van der Waals surface area contributed by atoms with Gasteiger partial charge in [-0.3, -0.25) is 4.79 Å². The van der Waals surface area contributed by atoms with Crippen LogP contribution in [0.1, 0.15) is 33.3 Å². The molecule has 4 aromatic carbocycles. The molecule has 168 valence electrons. The largest absolute Gasteiger partial charge is 0.508 e. The van der Waals surface area contributed by atoms with Crippen molar-refractivity contribution in [1.29, 1.82) is 0 Å². The van der Waals surface area contributed by atoms with Gasteiger partial charge in [-0.15, -0.1) is 0 Å². The molecule has 34 heavy (non-hydrogen) atoms. The SMILES string of the molecule is Cc1onc(-c2ccccc2Cl)c1C(=O)NC(c1ccccc1)c1c(O)ccc2ccccc12. The number of hydrogen-bond donors (Lipinski definition) is 2. The Morgan fingerprint density at radius 2 is 1.65 bits per heavy atom. The number of phenols is 1. The van der Waals surface area contributed by atoms with Crippen LogP contribution in [-0.2, 0) is 0 Å². The van der Waals surface area contributed by atoms with Gasteiger partial charge in [-0.05, 0) is 35.4 Å². The van der Waals surface area contributed by atoms with Crippen molar-refractivity contribution in [2.45, 2.75) is 13.0 Å². The summed E-state index contributed by atoms with van der Waals surface area (Å²) < 4.78 is 5.39. The summed E-state index contributed by atoms with van der Waals surface area (Å²) in [5.41, 5.74) is 2.72. The fourth-order valence-corrected chi connectivity index (χ4v) is 4.46. The second-order valence-electron chi connectivity index (χ2n) is 7.98. The van der Waals surface area contributed by atoms with Crippen molar-refractivity contribution in [3.8, 4) is 17.0 Å². The van der Waals surface area contributed by atoms with Crippen LogP contribution >= 0.6 is 11.6 Å². The first kappa shape index (κ1) is 21.7. The molecule has 0 saturated heterocycles. The maximum absolute atomic E-state index is 13.7. The van der Waals surface area contributed by atoms with Crippen LogP contribution < -0.4 is 5.32 Å². The zero-order valence-electron chi connectivity index (χ0n) is 18.3. The van der Waals surface area contributed by atoms with Gasteiger partial charge in [-0.1, -0.05) is 95.6 Å². The molecule has 0 fully saturated rings. The van der Waals surface area contributed by atoms with Gasteiger partial charge in [0.25, 0.3) is 5.91 Å². The number of fused-ring (bicyclic) bond motifs is 1. The molecule has 2 N–H and O–H groups in total. The van der Waals surface area contributed by atoms with Crippen molar-refractivity contribution in [1.82, 2.24) is 10.5 Å². The third-order valence-corrected chi connectivity index (χ3v) is 6.19. The van der Waals surface area contributed by atoms with E-state index in [0.29, 0.717) is 33.2 Å². The highest BCUT2D eigenvalue weighted by Crippen LogP contribution is 2.37. The smallest absolute Gasteiger partial charge is 0.257 e. The first-order valence-corrected chi connectivity index (χ1v) is 11.2. The van der Waals surface area contributed by atoms with Crippen LogP contribution in [-0.4, -0.2) is 16.2 Å². The molecule has 0 bridgehead atoms. The summed E-state index contributed by atoms with van der Waals surface area (Å²) >= 11 is 6.38. The molecular formula is C28H21ClN2O3. The van der Waals surface area contributed by atoms with E-state index in [-0.39, 0.29) is 11.7 Å². The molecule has 1 heterocycles. The predicted octanol–water partition coefficient (Wildman–Crippen LogP) is 6.68. The quantitative estimate of drug-likeness (QED) is 0.301. The molecule has 5 rings (SSSR count). The Morgan fingerprint density at radius 3 is 2.44 bits per heavy atom. The van der Waals surface area contributed by atoms with Gasteiger partial charge >= 0.3 is 0 Å². The van der Waals surface area contributed by atoms with E-state index < -0.39 is 6.04 Å². The maximum Gasteiger partial charge on any atom is 0.257 e. The zero-order chi connectivity index (χ0) is 23.7. The Hall–Kier alpha value is -4.09. The first-order valence-electron chi connectivity index (χ1n) is 10.8. The van der Waals surface area contributed by atoms with Crippen LogP contribution in [0.2, 0.25) is 5.02 Å². The molecule has 5 nitrogen and oxygen atoms in total. The molecule has 0 aliphatic rings. The second kappa shape index (κ2) is 9.04. The Balaban J connectivity index is 1.64. The Kier molecular flexibility index (Phi) is 5.78. The van der Waals surface area contributed by atoms with Crippen LogP contribution in [0.4, 0.5) is 0 Å². The molecule has 1 aromatic heterocycles. The Bertz CT molecular complexity index is 1490. The van der Waals surface area contributed by atoms with Crippen molar-refractivity contribution in [2.24, 2.45) is 0 Å². The average molecular weight is 469 g/mol. The molecule has 1 atom stereocenters. The standard InChI is InChI=1S/C28H21ClN2O3/c1-17-24(27(31-34-17)21-13-7-8-14-22(21)29)28(33)30-26(19-10-3-2-4-11-19)25-20-12-6-5-9-18(20)15-16-23(25)32/h2-16,26,32H,1H3,(H,30,33). The van der Waals surface area contributed by atoms with Gasteiger partial charge in [-0.2, -0.15) is 0 Å². The van der Waals surface area contributed by atoms with Crippen LogP contribution in [0.25, 0.3) is 22.0 Å². The summed E-state index contributed by atoms with van der Waals surface area (Å²) in [6, 6.07) is 27.4. The minimum absolute atomic E-state index is 0.0984. The van der Waals surface area contributed by atoms with Crippen molar-refractivity contribution in [3.63, 3.8) is 0 Å². The molecule has 0 aliphatic heterocycles. The average Bonchev–Trinajstić information content (AvgIpc) is 3.25. The van der Waals surface area contributed by atoms with Crippen LogP contribution in [0.3, 0.4) is 0 Å². The number of aromatic hydroxyl groups is 1. The highest BCUT2D eigenvalue weighted by molar-refractivity contribution is 6.33. The van der Waals surface area contributed by atoms with E-state index in [1.165, 1.54) is 0 Å². The van der Waals surface area contributed by atoms with E-state index in [9.17, 15) is 9.90 Å². The number of phenolic OH excluding ortho intramolecular Hbond substituents is 1. The minimum Gasteiger partial charge on any atom is -0.508 e. The monoisotopic (exact) mass is 468 g/mol. The van der Waals surface area contributed by atoms with E-state index in [0.717, 1.165) is 16.3 Å². The number of carbonyl (C=O) groups is 1. The number of aromatic nitrogens is 1. The molecule has 5 aromatic rings. The molecule has 1 amide bonds. The van der Waals surface area contributed by atoms with Gasteiger partial charge in [0, 0.05) is 11.1 Å². The van der Waals surface area contributed by atoms with Crippen molar-refractivity contribution >= 4 is 28.3 Å². The summed E-state index contributed by atoms with van der Waals surface area (Å²) in [4.78, 5) is 13.7. The van der Waals surface area contributed by atoms with E-state index in [1.54, 1.807) is 25.1 Å². The maximum atomic E-state index is 13.7. The van der Waals surface area contributed by atoms with E-state index in [2.05, 4.69) is 10.5 Å². The molecular weight excluding hydrogens is 448 g/mol. The molecule has 1 unspecified atom stereocenters. The third-order valence-electron chi connectivity index (χ3n) is 5.86. The molecule has 6 heteroatoms. The molecule has 0 spiro atoms. The number of amides is 1. The summed E-state index contributed by atoms with van der Waals surface area (Å²) in [6.07, 6.45) is 0. The fraction of sp³-hybridized carbons (Fsp3) is 0.0714. The highest BCUT2D eigenvalue weighted by atomic mass is 35.5.